The Bertz CT molecular complexity index is 1090. The van der Waals surface area contributed by atoms with Gasteiger partial charge in [-0.15, -0.1) is 23.1 Å². The number of esters is 1. The second-order valence-corrected chi connectivity index (χ2v) is 7.60. The Morgan fingerprint density at radius 2 is 1.97 bits per heavy atom. The van der Waals surface area contributed by atoms with Crippen molar-refractivity contribution in [2.75, 3.05) is 25.3 Å². The molecule has 156 valence electrons. The van der Waals surface area contributed by atoms with Crippen molar-refractivity contribution in [1.29, 1.82) is 0 Å². The minimum absolute atomic E-state index is 0.206. The second kappa shape index (κ2) is 9.68. The number of hydrogen-bond donors (Lipinski definition) is 1. The van der Waals surface area contributed by atoms with Crippen LogP contribution in [0.4, 0.5) is 13.9 Å². The minimum atomic E-state index is -0.987. The molecule has 0 radical (unpaired) electrons. The van der Waals surface area contributed by atoms with Crippen molar-refractivity contribution in [3.63, 3.8) is 0 Å². The Hall–Kier alpha value is -2.98. The molecule has 0 saturated carbocycles. The van der Waals surface area contributed by atoms with Gasteiger partial charge >= 0.3 is 5.97 Å². The molecule has 0 unspecified atom stereocenters. The summed E-state index contributed by atoms with van der Waals surface area (Å²) in [6.07, 6.45) is 1.90. The Morgan fingerprint density at radius 1 is 1.17 bits per heavy atom. The number of methoxy groups -OCH3 is 1. The molecular formula is C20H16F2N2O4S2. The number of amides is 1. The van der Waals surface area contributed by atoms with Gasteiger partial charge in [-0.25, -0.2) is 18.6 Å². The van der Waals surface area contributed by atoms with E-state index in [9.17, 15) is 18.4 Å². The maximum Gasteiger partial charge on any atom is 0.342 e. The highest BCUT2D eigenvalue weighted by Crippen LogP contribution is 2.27. The smallest absolute Gasteiger partial charge is 0.342 e. The van der Waals surface area contributed by atoms with Gasteiger partial charge in [-0.05, 0) is 42.7 Å². The Morgan fingerprint density at radius 3 is 2.67 bits per heavy atom. The molecule has 6 nitrogen and oxygen atoms in total. The van der Waals surface area contributed by atoms with Crippen LogP contribution < -0.4 is 10.1 Å². The number of anilines is 1. The van der Waals surface area contributed by atoms with Crippen LogP contribution in [0.5, 0.6) is 5.75 Å². The Labute approximate surface area is 179 Å². The topological polar surface area (TPSA) is 77.5 Å². The van der Waals surface area contributed by atoms with Crippen LogP contribution in [0.1, 0.15) is 10.4 Å². The molecule has 1 N–H and O–H groups in total. The molecule has 1 heterocycles. The first-order valence-corrected chi connectivity index (χ1v) is 10.6. The number of thiazole rings is 1. The number of thioether (sulfide) groups is 1. The normalized spacial score (nSPS) is 10.5. The van der Waals surface area contributed by atoms with Crippen molar-refractivity contribution in [1.82, 2.24) is 4.98 Å². The fourth-order valence-electron chi connectivity index (χ4n) is 2.45. The van der Waals surface area contributed by atoms with Crippen LogP contribution in [0.25, 0.3) is 11.3 Å². The summed E-state index contributed by atoms with van der Waals surface area (Å²) in [5.74, 6) is -2.88. The lowest BCUT2D eigenvalue weighted by atomic mass is 10.2. The molecule has 0 saturated heterocycles. The Kier molecular flexibility index (Phi) is 7.01. The van der Waals surface area contributed by atoms with E-state index in [0.29, 0.717) is 17.0 Å². The van der Waals surface area contributed by atoms with Gasteiger partial charge < -0.3 is 9.47 Å². The monoisotopic (exact) mass is 450 g/mol. The summed E-state index contributed by atoms with van der Waals surface area (Å²) in [7, 11) is 1.44. The van der Waals surface area contributed by atoms with Crippen molar-refractivity contribution in [3.05, 3.63) is 59.0 Å². The van der Waals surface area contributed by atoms with Crippen molar-refractivity contribution in [2.24, 2.45) is 0 Å². The number of ether oxygens (including phenoxy) is 2. The summed E-state index contributed by atoms with van der Waals surface area (Å²) in [6, 6.07) is 8.43. The zero-order valence-corrected chi connectivity index (χ0v) is 17.5. The van der Waals surface area contributed by atoms with Gasteiger partial charge in [-0.2, -0.15) is 0 Å². The largest absolute Gasteiger partial charge is 0.496 e. The summed E-state index contributed by atoms with van der Waals surface area (Å²) in [5, 5.41) is 4.32. The number of hydrogen-bond acceptors (Lipinski definition) is 7. The van der Waals surface area contributed by atoms with Crippen LogP contribution in [0.3, 0.4) is 0 Å². The molecule has 30 heavy (non-hydrogen) atoms. The van der Waals surface area contributed by atoms with E-state index >= 15 is 0 Å². The first-order chi connectivity index (χ1) is 14.4. The van der Waals surface area contributed by atoms with E-state index in [1.54, 1.807) is 23.6 Å². The fraction of sp³-hybridized carbons (Fsp3) is 0.150. The fourth-order valence-corrected chi connectivity index (χ4v) is 3.62. The highest BCUT2D eigenvalue weighted by Gasteiger charge is 2.17. The van der Waals surface area contributed by atoms with Crippen molar-refractivity contribution in [2.45, 2.75) is 4.90 Å². The molecule has 3 rings (SSSR count). The SMILES string of the molecule is COc1cc(SC)ccc1C(=O)OCC(=O)Nc1nc(-c2ccc(F)c(F)c2)cs1. The summed E-state index contributed by atoms with van der Waals surface area (Å²) < 4.78 is 36.7. The van der Waals surface area contributed by atoms with Crippen LogP contribution in [0.15, 0.2) is 46.7 Å². The van der Waals surface area contributed by atoms with Gasteiger partial charge in [0.1, 0.15) is 11.3 Å². The van der Waals surface area contributed by atoms with Crippen molar-refractivity contribution in [3.8, 4) is 17.0 Å². The predicted octanol–water partition coefficient (Wildman–Crippen LogP) is 4.61. The highest BCUT2D eigenvalue weighted by atomic mass is 32.2. The zero-order chi connectivity index (χ0) is 21.7. The molecule has 0 aliphatic heterocycles. The quantitative estimate of drug-likeness (QED) is 0.418. The highest BCUT2D eigenvalue weighted by molar-refractivity contribution is 7.98. The summed E-state index contributed by atoms with van der Waals surface area (Å²) >= 11 is 2.60. The summed E-state index contributed by atoms with van der Waals surface area (Å²) in [6.45, 7) is -0.521. The molecule has 0 fully saturated rings. The third kappa shape index (κ3) is 5.14. The van der Waals surface area contributed by atoms with Gasteiger partial charge in [0.15, 0.2) is 23.4 Å². The molecule has 1 aromatic heterocycles. The lowest BCUT2D eigenvalue weighted by Crippen LogP contribution is -2.21. The molecule has 0 bridgehead atoms. The van der Waals surface area contributed by atoms with Gasteiger partial charge in [-0.1, -0.05) is 0 Å². The van der Waals surface area contributed by atoms with E-state index in [2.05, 4.69) is 10.3 Å². The standard InChI is InChI=1S/C20H16F2N2O4S2/c1-27-17-8-12(29-2)4-5-13(17)19(26)28-9-18(25)24-20-23-16(10-30-20)11-3-6-14(21)15(22)7-11/h3-8,10H,9H2,1-2H3,(H,23,24,25). The lowest BCUT2D eigenvalue weighted by Gasteiger charge is -2.09. The van der Waals surface area contributed by atoms with Crippen LogP contribution in [0, 0.1) is 11.6 Å². The number of carbonyl (C=O) groups excluding carboxylic acids is 2. The molecular weight excluding hydrogens is 434 g/mol. The molecule has 3 aromatic rings. The average molecular weight is 450 g/mol. The van der Waals surface area contributed by atoms with Crippen molar-refractivity contribution < 1.29 is 27.8 Å². The first-order valence-electron chi connectivity index (χ1n) is 8.51. The predicted molar refractivity (Wildman–Crippen MR) is 111 cm³/mol. The van der Waals surface area contributed by atoms with E-state index in [4.69, 9.17) is 9.47 Å². The summed E-state index contributed by atoms with van der Waals surface area (Å²) in [5.41, 5.74) is 0.959. The van der Waals surface area contributed by atoms with Gasteiger partial charge in [0.25, 0.3) is 5.91 Å². The number of carbonyl (C=O) groups is 2. The molecule has 0 aliphatic rings. The molecule has 1 amide bonds. The number of halogens is 2. The molecule has 0 aliphatic carbocycles. The van der Waals surface area contributed by atoms with E-state index < -0.39 is 30.1 Å². The number of rotatable bonds is 7. The van der Waals surface area contributed by atoms with Crippen LogP contribution in [-0.4, -0.2) is 36.8 Å². The number of nitrogens with one attached hydrogen (secondary N) is 1. The number of benzene rings is 2. The van der Waals surface area contributed by atoms with Gasteiger partial charge in [0, 0.05) is 15.8 Å². The maximum absolute atomic E-state index is 13.4. The maximum atomic E-state index is 13.4. The van der Waals surface area contributed by atoms with Gasteiger partial charge in [-0.3, -0.25) is 10.1 Å². The number of nitrogens with zero attached hydrogens (tertiary/aromatic N) is 1. The second-order valence-electron chi connectivity index (χ2n) is 5.86. The van der Waals surface area contributed by atoms with E-state index in [-0.39, 0.29) is 10.7 Å². The third-order valence-corrected chi connectivity index (χ3v) is 5.41. The third-order valence-electron chi connectivity index (χ3n) is 3.93. The number of aromatic nitrogens is 1. The molecule has 0 atom stereocenters. The van der Waals surface area contributed by atoms with Gasteiger partial charge in [0.2, 0.25) is 0 Å². The van der Waals surface area contributed by atoms with Crippen LogP contribution in [-0.2, 0) is 9.53 Å². The average Bonchev–Trinajstić information content (AvgIpc) is 3.21. The molecule has 10 heteroatoms. The van der Waals surface area contributed by atoms with E-state index in [1.165, 1.54) is 24.9 Å². The van der Waals surface area contributed by atoms with Gasteiger partial charge in [0.05, 0.1) is 12.8 Å². The Balaban J connectivity index is 1.59. The molecule has 2 aromatic carbocycles. The molecule has 0 spiro atoms. The zero-order valence-electron chi connectivity index (χ0n) is 15.9. The summed E-state index contributed by atoms with van der Waals surface area (Å²) in [4.78, 5) is 29.4. The first kappa shape index (κ1) is 21.7. The lowest BCUT2D eigenvalue weighted by molar-refractivity contribution is -0.119. The van der Waals surface area contributed by atoms with E-state index in [1.807, 2.05) is 6.26 Å². The van der Waals surface area contributed by atoms with Crippen molar-refractivity contribution >= 4 is 40.1 Å². The van der Waals surface area contributed by atoms with E-state index in [0.717, 1.165) is 28.4 Å². The minimum Gasteiger partial charge on any atom is -0.496 e. The van der Waals surface area contributed by atoms with Crippen LogP contribution in [0.2, 0.25) is 0 Å². The van der Waals surface area contributed by atoms with Crippen LogP contribution >= 0.6 is 23.1 Å².